The van der Waals surface area contributed by atoms with Crippen molar-refractivity contribution in [3.63, 3.8) is 0 Å². The van der Waals surface area contributed by atoms with Crippen LogP contribution in [0.5, 0.6) is 0 Å². The molecule has 0 atom stereocenters. The molecule has 0 unspecified atom stereocenters. The quantitative estimate of drug-likeness (QED) is 0.238. The summed E-state index contributed by atoms with van der Waals surface area (Å²) in [6.07, 6.45) is 1.04. The van der Waals surface area contributed by atoms with Gasteiger partial charge in [0.05, 0.1) is 27.7 Å². The maximum absolute atomic E-state index is 13.1. The largest absolute Gasteiger partial charge is 0.384 e. The fourth-order valence-electron chi connectivity index (χ4n) is 3.57. The van der Waals surface area contributed by atoms with Crippen molar-refractivity contribution in [2.75, 3.05) is 64.1 Å². The fourth-order valence-corrected chi connectivity index (χ4v) is 5.38. The first-order valence-corrected chi connectivity index (χ1v) is 12.7. The van der Waals surface area contributed by atoms with Gasteiger partial charge in [-0.05, 0) is 18.2 Å². The molecule has 6 nitrogen and oxygen atoms in total. The lowest BCUT2D eigenvalue weighted by Gasteiger charge is -2.28. The number of anilines is 1. The van der Waals surface area contributed by atoms with Crippen LogP contribution in [0.3, 0.4) is 0 Å². The number of imide groups is 1. The lowest BCUT2D eigenvalue weighted by molar-refractivity contribution is -0.870. The minimum absolute atomic E-state index is 0.204. The van der Waals surface area contributed by atoms with Crippen LogP contribution < -0.4 is 11.1 Å². The summed E-state index contributed by atoms with van der Waals surface area (Å²) in [6, 6.07) is 9.53. The highest BCUT2D eigenvalue weighted by Gasteiger charge is 2.32. The lowest BCUT2D eigenvalue weighted by atomic mass is 9.93. The number of carbonyl (C=O) groups is 2. The zero-order valence-corrected chi connectivity index (χ0v) is 19.6. The van der Waals surface area contributed by atoms with E-state index in [2.05, 4.69) is 26.5 Å². The molecule has 0 aromatic heterocycles. The maximum Gasteiger partial charge on any atom is 0.261 e. The van der Waals surface area contributed by atoms with E-state index in [4.69, 9.17) is 5.73 Å². The van der Waals surface area contributed by atoms with Gasteiger partial charge in [0, 0.05) is 65.1 Å². The molecule has 0 fully saturated rings. The molecule has 162 valence electrons. The number of rotatable bonds is 11. The van der Waals surface area contributed by atoms with E-state index in [1.54, 1.807) is 21.6 Å². The maximum atomic E-state index is 13.1. The third kappa shape index (κ3) is 5.29. The molecule has 3 N–H and O–H groups in total. The summed E-state index contributed by atoms with van der Waals surface area (Å²) in [5.74, 6) is 1.15. The van der Waals surface area contributed by atoms with Crippen molar-refractivity contribution in [1.82, 2.24) is 4.90 Å². The number of hydrogen-bond acceptors (Lipinski definition) is 6. The van der Waals surface area contributed by atoms with Crippen molar-refractivity contribution in [3.8, 4) is 0 Å². The number of hydrogen-bond donors (Lipinski definition) is 2. The molecule has 3 rings (SSSR count). The van der Waals surface area contributed by atoms with E-state index in [9.17, 15) is 9.59 Å². The van der Waals surface area contributed by atoms with Crippen molar-refractivity contribution in [2.24, 2.45) is 5.73 Å². The van der Waals surface area contributed by atoms with Crippen molar-refractivity contribution in [3.05, 3.63) is 41.5 Å². The van der Waals surface area contributed by atoms with Gasteiger partial charge in [-0.25, -0.2) is 0 Å². The predicted molar refractivity (Wildman–Crippen MR) is 129 cm³/mol. The van der Waals surface area contributed by atoms with Crippen LogP contribution in [-0.2, 0) is 0 Å². The molecule has 0 aliphatic carbocycles. The van der Waals surface area contributed by atoms with E-state index in [-0.39, 0.29) is 11.8 Å². The van der Waals surface area contributed by atoms with E-state index >= 15 is 0 Å². The van der Waals surface area contributed by atoms with Gasteiger partial charge >= 0.3 is 0 Å². The normalized spacial score (nSPS) is 13.9. The topological polar surface area (TPSA) is 75.4 Å². The Kier molecular flexibility index (Phi) is 7.68. The van der Waals surface area contributed by atoms with Crippen molar-refractivity contribution in [2.45, 2.75) is 6.42 Å². The molecule has 30 heavy (non-hydrogen) atoms. The molecule has 0 saturated heterocycles. The predicted octanol–water partition coefficient (Wildman–Crippen LogP) is 3.28. The van der Waals surface area contributed by atoms with Crippen LogP contribution in [0.15, 0.2) is 30.3 Å². The standard InChI is InChI=1S/C22H30N4O2S2/c1-26(2,3)13-5-11-24-19-9-8-18-20-16(19)6-4-7-17(20)21(27)25(22(18)28)12-15-30-29-14-10-23/h4,6-9H,5,10-15,23H2,1-3H3/p+1. The zero-order valence-electron chi connectivity index (χ0n) is 17.9. The highest BCUT2D eigenvalue weighted by Crippen LogP contribution is 2.34. The first kappa shape index (κ1) is 22.9. The second kappa shape index (κ2) is 10.0. The Morgan fingerprint density at radius 1 is 1.00 bits per heavy atom. The third-order valence-electron chi connectivity index (χ3n) is 5.00. The lowest BCUT2D eigenvalue weighted by Crippen LogP contribution is -2.41. The molecular formula is C22H31N4O2S2+. The van der Waals surface area contributed by atoms with Gasteiger partial charge in [-0.1, -0.05) is 33.7 Å². The van der Waals surface area contributed by atoms with Crippen LogP contribution in [0.25, 0.3) is 10.8 Å². The molecule has 0 saturated carbocycles. The van der Waals surface area contributed by atoms with Gasteiger partial charge in [-0.2, -0.15) is 0 Å². The average Bonchev–Trinajstić information content (AvgIpc) is 2.71. The van der Waals surface area contributed by atoms with Gasteiger partial charge < -0.3 is 15.5 Å². The Balaban J connectivity index is 1.78. The number of nitrogens with one attached hydrogen (secondary N) is 1. The van der Waals surface area contributed by atoms with Crippen LogP contribution in [0.1, 0.15) is 27.1 Å². The molecule has 8 heteroatoms. The number of carbonyl (C=O) groups excluding carboxylic acids is 2. The minimum atomic E-state index is -0.204. The molecular weight excluding hydrogens is 416 g/mol. The second-order valence-corrected chi connectivity index (χ2v) is 11.1. The number of quaternary nitrogens is 1. The first-order chi connectivity index (χ1) is 14.3. The number of nitrogens with zero attached hydrogens (tertiary/aromatic N) is 2. The summed E-state index contributed by atoms with van der Waals surface area (Å²) in [5.41, 5.74) is 7.69. The molecule has 1 heterocycles. The van der Waals surface area contributed by atoms with E-state index in [1.165, 1.54) is 4.90 Å². The third-order valence-corrected chi connectivity index (χ3v) is 7.41. The Bertz CT molecular complexity index is 905. The van der Waals surface area contributed by atoms with Crippen LogP contribution in [0, 0.1) is 0 Å². The van der Waals surface area contributed by atoms with Crippen molar-refractivity contribution in [1.29, 1.82) is 0 Å². The summed E-state index contributed by atoms with van der Waals surface area (Å²) >= 11 is 0. The van der Waals surface area contributed by atoms with Crippen LogP contribution in [0.4, 0.5) is 5.69 Å². The van der Waals surface area contributed by atoms with Gasteiger partial charge in [0.15, 0.2) is 0 Å². The monoisotopic (exact) mass is 447 g/mol. The van der Waals surface area contributed by atoms with Gasteiger partial charge in [0.1, 0.15) is 0 Å². The van der Waals surface area contributed by atoms with Gasteiger partial charge in [-0.3, -0.25) is 14.5 Å². The highest BCUT2D eigenvalue weighted by molar-refractivity contribution is 8.76. The number of benzene rings is 2. The highest BCUT2D eigenvalue weighted by atomic mass is 33.1. The van der Waals surface area contributed by atoms with Gasteiger partial charge in [-0.15, -0.1) is 0 Å². The molecule has 1 aliphatic heterocycles. The van der Waals surface area contributed by atoms with E-state index in [0.29, 0.717) is 30.0 Å². The molecule has 2 amide bonds. The number of amides is 2. The van der Waals surface area contributed by atoms with Crippen molar-refractivity contribution >= 4 is 49.9 Å². The van der Waals surface area contributed by atoms with E-state index in [1.807, 2.05) is 30.3 Å². The van der Waals surface area contributed by atoms with Gasteiger partial charge in [0.2, 0.25) is 0 Å². The van der Waals surface area contributed by atoms with E-state index < -0.39 is 0 Å². The summed E-state index contributed by atoms with van der Waals surface area (Å²) in [7, 11) is 9.86. The molecule has 0 radical (unpaired) electrons. The Morgan fingerprint density at radius 2 is 1.70 bits per heavy atom. The Morgan fingerprint density at radius 3 is 2.40 bits per heavy atom. The van der Waals surface area contributed by atoms with Crippen molar-refractivity contribution < 1.29 is 14.1 Å². The Hall–Kier alpha value is -1.74. The average molecular weight is 448 g/mol. The number of nitrogens with two attached hydrogens (primary N) is 1. The minimum Gasteiger partial charge on any atom is -0.384 e. The smallest absolute Gasteiger partial charge is 0.261 e. The summed E-state index contributed by atoms with van der Waals surface area (Å²) in [5, 5.41) is 5.20. The molecule has 1 aliphatic rings. The first-order valence-electron chi connectivity index (χ1n) is 10.2. The SMILES string of the molecule is C[N+](C)(C)CCCNc1ccc2c3c(cccc13)C(=O)N(CCSSCCN)C2=O. The molecule has 2 aromatic carbocycles. The molecule has 0 spiro atoms. The van der Waals surface area contributed by atoms with Crippen LogP contribution in [-0.4, -0.2) is 80.0 Å². The van der Waals surface area contributed by atoms with Gasteiger partial charge in [0.25, 0.3) is 11.8 Å². The molecule has 0 bridgehead atoms. The van der Waals surface area contributed by atoms with Crippen LogP contribution >= 0.6 is 21.6 Å². The summed E-state index contributed by atoms with van der Waals surface area (Å²) < 4.78 is 0.924. The summed E-state index contributed by atoms with van der Waals surface area (Å²) in [4.78, 5) is 27.5. The van der Waals surface area contributed by atoms with E-state index in [0.717, 1.165) is 46.2 Å². The molecule has 2 aromatic rings. The summed E-state index contributed by atoms with van der Waals surface area (Å²) in [6.45, 7) is 2.95. The zero-order chi connectivity index (χ0) is 21.7. The van der Waals surface area contributed by atoms with Crippen LogP contribution in [0.2, 0.25) is 0 Å². The Labute approximate surface area is 186 Å². The fraction of sp³-hybridized carbons (Fsp3) is 0.455. The second-order valence-electron chi connectivity index (χ2n) is 8.38.